The molecule has 0 fully saturated rings. The molecule has 0 spiro atoms. The minimum Gasteiger partial charge on any atom is -1.00 e. The third-order valence-electron chi connectivity index (χ3n) is 3.75. The molecule has 26 heavy (non-hydrogen) atoms. The maximum Gasteiger partial charge on any atom is 0.229 e. The lowest BCUT2D eigenvalue weighted by Gasteiger charge is -2.22. The fourth-order valence-corrected chi connectivity index (χ4v) is 3.09. The lowest BCUT2D eigenvalue weighted by molar-refractivity contribution is -0.694. The van der Waals surface area contributed by atoms with Crippen LogP contribution in [0.25, 0.3) is 0 Å². The van der Waals surface area contributed by atoms with Crippen molar-refractivity contribution in [1.82, 2.24) is 4.98 Å². The third-order valence-corrected chi connectivity index (χ3v) is 4.70. The zero-order valence-electron chi connectivity index (χ0n) is 14.3. The van der Waals surface area contributed by atoms with Gasteiger partial charge in [-0.15, -0.1) is 21.6 Å². The Labute approximate surface area is 172 Å². The molecule has 0 saturated heterocycles. The van der Waals surface area contributed by atoms with E-state index >= 15 is 0 Å². The molecule has 0 amide bonds. The van der Waals surface area contributed by atoms with Gasteiger partial charge in [0.05, 0.1) is 11.6 Å². The van der Waals surface area contributed by atoms with Crippen LogP contribution in [0.5, 0.6) is 0 Å². The molecule has 0 saturated carbocycles. The van der Waals surface area contributed by atoms with Gasteiger partial charge in [-0.05, 0) is 25.1 Å². The van der Waals surface area contributed by atoms with Crippen LogP contribution in [0.4, 0.5) is 16.5 Å². The van der Waals surface area contributed by atoms with E-state index < -0.39 is 0 Å². The standard InChI is InChI=1S/C18H19ClN5S.BrH/c1-2-24(12-11-23-9-4-3-5-10-23)15-6-7-17(16(19)14-15)21-22-18-20-8-13-25-18;/h3-10,13-14H,2,11-12H2,1H3;1H/q+1;/p-1/b22-21+;. The van der Waals surface area contributed by atoms with Crippen LogP contribution >= 0.6 is 22.9 Å². The fraction of sp³-hybridized carbons (Fsp3) is 0.222. The summed E-state index contributed by atoms with van der Waals surface area (Å²) in [5.74, 6) is 0. The van der Waals surface area contributed by atoms with Crippen molar-refractivity contribution < 1.29 is 21.5 Å². The van der Waals surface area contributed by atoms with Gasteiger partial charge in [-0.25, -0.2) is 9.55 Å². The predicted octanol–water partition coefficient (Wildman–Crippen LogP) is 2.03. The maximum atomic E-state index is 6.39. The smallest absolute Gasteiger partial charge is 0.229 e. The summed E-state index contributed by atoms with van der Waals surface area (Å²) in [5, 5.41) is 11.4. The number of hydrogen-bond acceptors (Lipinski definition) is 5. The van der Waals surface area contributed by atoms with Gasteiger partial charge in [0.1, 0.15) is 5.69 Å². The molecule has 2 aromatic heterocycles. The number of likely N-dealkylation sites (N-methyl/N-ethyl adjacent to an activating group) is 1. The Morgan fingerprint density at radius 1 is 1.19 bits per heavy atom. The number of pyridine rings is 1. The van der Waals surface area contributed by atoms with Gasteiger partial charge < -0.3 is 21.9 Å². The minimum atomic E-state index is 0. The number of benzene rings is 1. The van der Waals surface area contributed by atoms with Gasteiger partial charge in [0, 0.05) is 35.9 Å². The Balaban J connectivity index is 0.00000243. The van der Waals surface area contributed by atoms with E-state index in [4.69, 9.17) is 11.6 Å². The molecule has 0 aliphatic carbocycles. The Morgan fingerprint density at radius 3 is 2.65 bits per heavy atom. The lowest BCUT2D eigenvalue weighted by Crippen LogP contribution is -3.00. The minimum absolute atomic E-state index is 0. The molecule has 0 bridgehead atoms. The summed E-state index contributed by atoms with van der Waals surface area (Å²) in [4.78, 5) is 6.36. The number of halogens is 2. The zero-order chi connectivity index (χ0) is 17.5. The summed E-state index contributed by atoms with van der Waals surface area (Å²) in [7, 11) is 0. The SMILES string of the molecule is CCN(CC[n+]1ccccc1)c1ccc(/N=N/c2nccs2)c(Cl)c1.[Br-]. The maximum absolute atomic E-state index is 6.39. The van der Waals surface area contributed by atoms with Crippen LogP contribution in [0.15, 0.2) is 70.6 Å². The summed E-state index contributed by atoms with van der Waals surface area (Å²) in [6.45, 7) is 4.86. The molecule has 136 valence electrons. The molecule has 3 aromatic rings. The molecular weight excluding hydrogens is 434 g/mol. The van der Waals surface area contributed by atoms with Gasteiger partial charge in [0.2, 0.25) is 5.13 Å². The van der Waals surface area contributed by atoms with Gasteiger partial charge in [-0.1, -0.05) is 17.7 Å². The van der Waals surface area contributed by atoms with E-state index in [1.54, 1.807) is 6.20 Å². The summed E-state index contributed by atoms with van der Waals surface area (Å²) in [6.07, 6.45) is 5.85. The van der Waals surface area contributed by atoms with Gasteiger partial charge in [-0.3, -0.25) is 0 Å². The average Bonchev–Trinajstić information content (AvgIpc) is 3.16. The number of aromatic nitrogens is 2. The molecule has 0 atom stereocenters. The first-order valence-corrected chi connectivity index (χ1v) is 9.32. The Morgan fingerprint density at radius 2 is 2.00 bits per heavy atom. The monoisotopic (exact) mass is 451 g/mol. The Kier molecular flexibility index (Phi) is 8.15. The van der Waals surface area contributed by atoms with E-state index in [0.29, 0.717) is 15.8 Å². The second kappa shape index (κ2) is 10.4. The number of azo groups is 1. The number of rotatable bonds is 7. The molecule has 0 N–H and O–H groups in total. The van der Waals surface area contributed by atoms with E-state index in [1.165, 1.54) is 11.3 Å². The van der Waals surface area contributed by atoms with Gasteiger partial charge in [-0.2, -0.15) is 0 Å². The first-order chi connectivity index (χ1) is 12.3. The molecule has 0 aliphatic heterocycles. The van der Waals surface area contributed by atoms with E-state index in [9.17, 15) is 0 Å². The van der Waals surface area contributed by atoms with Crippen molar-refractivity contribution in [3.63, 3.8) is 0 Å². The van der Waals surface area contributed by atoms with Gasteiger partial charge >= 0.3 is 0 Å². The summed E-state index contributed by atoms with van der Waals surface area (Å²) >= 11 is 7.82. The molecule has 8 heteroatoms. The third kappa shape index (κ3) is 5.59. The number of nitrogens with zero attached hydrogens (tertiary/aromatic N) is 5. The highest BCUT2D eigenvalue weighted by Crippen LogP contribution is 2.31. The molecule has 1 aromatic carbocycles. The van der Waals surface area contributed by atoms with Crippen molar-refractivity contribution in [2.45, 2.75) is 13.5 Å². The highest BCUT2D eigenvalue weighted by atomic mass is 79.9. The van der Waals surface area contributed by atoms with Crippen molar-refractivity contribution in [3.8, 4) is 0 Å². The lowest BCUT2D eigenvalue weighted by atomic mass is 10.2. The van der Waals surface area contributed by atoms with Crippen LogP contribution in [0.3, 0.4) is 0 Å². The second-order valence-electron chi connectivity index (χ2n) is 5.34. The number of anilines is 1. The van der Waals surface area contributed by atoms with Crippen LogP contribution in [0.1, 0.15) is 6.92 Å². The Bertz CT molecular complexity index is 827. The summed E-state index contributed by atoms with van der Waals surface area (Å²) in [5.41, 5.74) is 1.73. The van der Waals surface area contributed by atoms with E-state index in [1.807, 2.05) is 41.8 Å². The average molecular weight is 453 g/mol. The summed E-state index contributed by atoms with van der Waals surface area (Å²) in [6, 6.07) is 12.0. The van der Waals surface area contributed by atoms with Crippen molar-refractivity contribution in [3.05, 3.63) is 65.4 Å². The van der Waals surface area contributed by atoms with Crippen LogP contribution in [0, 0.1) is 0 Å². The molecule has 0 unspecified atom stereocenters. The van der Waals surface area contributed by atoms with Crippen molar-refractivity contribution in [2.75, 3.05) is 18.0 Å². The van der Waals surface area contributed by atoms with Crippen LogP contribution < -0.4 is 26.4 Å². The van der Waals surface area contributed by atoms with E-state index in [0.717, 1.165) is 25.3 Å². The topological polar surface area (TPSA) is 44.7 Å². The molecule has 0 aliphatic rings. The highest BCUT2D eigenvalue weighted by molar-refractivity contribution is 7.13. The quantitative estimate of drug-likeness (QED) is 0.407. The fourth-order valence-electron chi connectivity index (χ4n) is 2.42. The van der Waals surface area contributed by atoms with Crippen LogP contribution in [0.2, 0.25) is 5.02 Å². The van der Waals surface area contributed by atoms with Gasteiger partial charge in [0.15, 0.2) is 18.9 Å². The predicted molar refractivity (Wildman–Crippen MR) is 102 cm³/mol. The van der Waals surface area contributed by atoms with Gasteiger partial charge in [0.25, 0.3) is 0 Å². The van der Waals surface area contributed by atoms with Crippen molar-refractivity contribution in [2.24, 2.45) is 10.2 Å². The zero-order valence-corrected chi connectivity index (χ0v) is 17.5. The first-order valence-electron chi connectivity index (χ1n) is 8.06. The Hall–Kier alpha value is -1.83. The van der Waals surface area contributed by atoms with E-state index in [2.05, 4.69) is 44.0 Å². The molecule has 0 radical (unpaired) electrons. The van der Waals surface area contributed by atoms with E-state index in [-0.39, 0.29) is 17.0 Å². The molecule has 3 rings (SSSR count). The largest absolute Gasteiger partial charge is 1.00 e. The van der Waals surface area contributed by atoms with Crippen molar-refractivity contribution in [1.29, 1.82) is 0 Å². The molecule has 2 heterocycles. The highest BCUT2D eigenvalue weighted by Gasteiger charge is 2.10. The summed E-state index contributed by atoms with van der Waals surface area (Å²) < 4.78 is 2.17. The van der Waals surface area contributed by atoms with Crippen molar-refractivity contribution >= 4 is 39.4 Å². The van der Waals surface area contributed by atoms with Crippen LogP contribution in [-0.4, -0.2) is 18.1 Å². The number of hydrogen-bond donors (Lipinski definition) is 0. The number of thiazole rings is 1. The molecular formula is C18H19BrClN5S. The second-order valence-corrected chi connectivity index (χ2v) is 6.62. The van der Waals surface area contributed by atoms with Crippen LogP contribution in [-0.2, 0) is 6.54 Å². The normalized spacial score (nSPS) is 10.7. The molecule has 5 nitrogen and oxygen atoms in total. The first kappa shape index (κ1) is 20.5.